The number of thiophene rings is 1. The summed E-state index contributed by atoms with van der Waals surface area (Å²) in [5, 5.41) is 7.08. The van der Waals surface area contributed by atoms with Crippen molar-refractivity contribution in [2.45, 2.75) is 19.4 Å². The molecular formula is C11H13FN4S. The summed E-state index contributed by atoms with van der Waals surface area (Å²) in [5.41, 5.74) is 6.63. The van der Waals surface area contributed by atoms with Crippen molar-refractivity contribution in [3.63, 3.8) is 0 Å². The van der Waals surface area contributed by atoms with Crippen molar-refractivity contribution in [3.05, 3.63) is 34.4 Å². The summed E-state index contributed by atoms with van der Waals surface area (Å²) in [7, 11) is 0. The fraction of sp³-hybridized carbons (Fsp3) is 0.273. The predicted octanol–water partition coefficient (Wildman–Crippen LogP) is 2.30. The van der Waals surface area contributed by atoms with Crippen LogP contribution in [0.15, 0.2) is 23.0 Å². The first kappa shape index (κ1) is 11.8. The van der Waals surface area contributed by atoms with Crippen LogP contribution in [0.2, 0.25) is 0 Å². The molecule has 2 rings (SSSR count). The zero-order chi connectivity index (χ0) is 12.3. The van der Waals surface area contributed by atoms with Crippen molar-refractivity contribution < 1.29 is 4.39 Å². The second-order valence-electron chi connectivity index (χ2n) is 3.81. The monoisotopic (exact) mass is 252 g/mol. The summed E-state index contributed by atoms with van der Waals surface area (Å²) in [6.07, 6.45) is 1.88. The number of hydrogen-bond donors (Lipinski definition) is 2. The van der Waals surface area contributed by atoms with Gasteiger partial charge in [-0.15, -0.1) is 0 Å². The number of nitrogen functional groups attached to an aromatic ring is 1. The molecule has 4 nitrogen and oxygen atoms in total. The summed E-state index contributed by atoms with van der Waals surface area (Å²) in [6.45, 7) is 1.97. The van der Waals surface area contributed by atoms with E-state index in [9.17, 15) is 4.39 Å². The Morgan fingerprint density at radius 2 is 2.41 bits per heavy atom. The van der Waals surface area contributed by atoms with E-state index in [1.165, 1.54) is 5.56 Å². The van der Waals surface area contributed by atoms with Gasteiger partial charge in [0.05, 0.1) is 6.20 Å². The fourth-order valence-corrected chi connectivity index (χ4v) is 2.21. The van der Waals surface area contributed by atoms with Crippen molar-refractivity contribution >= 4 is 23.1 Å². The molecule has 0 radical (unpaired) electrons. The molecule has 0 saturated heterocycles. The van der Waals surface area contributed by atoms with Gasteiger partial charge in [0.15, 0.2) is 11.6 Å². The van der Waals surface area contributed by atoms with Crippen LogP contribution in [-0.4, -0.2) is 16.0 Å². The largest absolute Gasteiger partial charge is 0.368 e. The minimum Gasteiger partial charge on any atom is -0.368 e. The van der Waals surface area contributed by atoms with E-state index in [2.05, 4.69) is 20.7 Å². The predicted molar refractivity (Wildman–Crippen MR) is 67.5 cm³/mol. The van der Waals surface area contributed by atoms with Gasteiger partial charge in [0.2, 0.25) is 5.95 Å². The summed E-state index contributed by atoms with van der Waals surface area (Å²) >= 11 is 1.65. The van der Waals surface area contributed by atoms with E-state index in [1.54, 1.807) is 11.3 Å². The van der Waals surface area contributed by atoms with Crippen molar-refractivity contribution in [2.75, 3.05) is 11.1 Å². The van der Waals surface area contributed by atoms with Gasteiger partial charge in [0, 0.05) is 6.04 Å². The van der Waals surface area contributed by atoms with Gasteiger partial charge in [0.25, 0.3) is 0 Å². The number of aromatic nitrogens is 2. The zero-order valence-electron chi connectivity index (χ0n) is 9.35. The average Bonchev–Trinajstić information content (AvgIpc) is 2.76. The normalized spacial score (nSPS) is 12.4. The van der Waals surface area contributed by atoms with Gasteiger partial charge >= 0.3 is 0 Å². The van der Waals surface area contributed by atoms with Gasteiger partial charge in [-0.25, -0.2) is 9.37 Å². The van der Waals surface area contributed by atoms with Crippen LogP contribution in [-0.2, 0) is 6.42 Å². The van der Waals surface area contributed by atoms with E-state index in [0.717, 1.165) is 12.6 Å². The number of nitrogens with one attached hydrogen (secondary N) is 1. The van der Waals surface area contributed by atoms with Crippen LogP contribution < -0.4 is 11.1 Å². The van der Waals surface area contributed by atoms with Crippen molar-refractivity contribution in [3.8, 4) is 0 Å². The molecule has 2 aromatic heterocycles. The summed E-state index contributed by atoms with van der Waals surface area (Å²) in [4.78, 5) is 7.40. The van der Waals surface area contributed by atoms with E-state index in [1.807, 2.05) is 18.4 Å². The highest BCUT2D eigenvalue weighted by Crippen LogP contribution is 2.14. The van der Waals surface area contributed by atoms with Crippen molar-refractivity contribution in [1.82, 2.24) is 9.97 Å². The second-order valence-corrected chi connectivity index (χ2v) is 4.59. The molecule has 0 aliphatic heterocycles. The number of nitrogens with zero attached hydrogens (tertiary/aromatic N) is 2. The van der Waals surface area contributed by atoms with Crippen LogP contribution in [0.25, 0.3) is 0 Å². The number of halogens is 1. The molecule has 1 unspecified atom stereocenters. The van der Waals surface area contributed by atoms with Gasteiger partial charge in [-0.05, 0) is 35.7 Å². The molecule has 0 saturated carbocycles. The number of hydrogen-bond acceptors (Lipinski definition) is 5. The fourth-order valence-electron chi connectivity index (χ4n) is 1.53. The number of nitrogens with two attached hydrogens (primary N) is 1. The number of anilines is 2. The maximum absolute atomic E-state index is 13.4. The van der Waals surface area contributed by atoms with E-state index in [4.69, 9.17) is 5.73 Å². The van der Waals surface area contributed by atoms with Crippen LogP contribution >= 0.6 is 11.3 Å². The van der Waals surface area contributed by atoms with E-state index in [-0.39, 0.29) is 17.8 Å². The molecule has 2 aromatic rings. The van der Waals surface area contributed by atoms with Crippen molar-refractivity contribution in [2.24, 2.45) is 0 Å². The Morgan fingerprint density at radius 1 is 1.59 bits per heavy atom. The molecule has 2 heterocycles. The highest BCUT2D eigenvalue weighted by atomic mass is 32.1. The molecule has 3 N–H and O–H groups in total. The molecular weight excluding hydrogens is 239 g/mol. The van der Waals surface area contributed by atoms with Gasteiger partial charge < -0.3 is 11.1 Å². The van der Waals surface area contributed by atoms with Crippen LogP contribution in [0, 0.1) is 5.82 Å². The molecule has 0 aliphatic rings. The van der Waals surface area contributed by atoms with Gasteiger partial charge in [0.1, 0.15) is 0 Å². The summed E-state index contributed by atoms with van der Waals surface area (Å²) in [5.74, 6) is -0.270. The van der Waals surface area contributed by atoms with E-state index >= 15 is 0 Å². The lowest BCUT2D eigenvalue weighted by Crippen LogP contribution is -2.20. The standard InChI is InChI=1S/C11H13FN4S/c1-7(4-8-2-3-17-6-8)15-10-9(12)5-14-11(13)16-10/h2-3,5-7H,4H2,1H3,(H3,13,14,15,16). The minimum atomic E-state index is -0.489. The molecule has 0 bridgehead atoms. The third-order valence-corrected chi connectivity index (χ3v) is 3.00. The van der Waals surface area contributed by atoms with E-state index < -0.39 is 5.82 Å². The maximum Gasteiger partial charge on any atom is 0.222 e. The quantitative estimate of drug-likeness (QED) is 0.876. The van der Waals surface area contributed by atoms with Gasteiger partial charge in [-0.2, -0.15) is 16.3 Å². The minimum absolute atomic E-state index is 0.0663. The second kappa shape index (κ2) is 5.09. The first-order chi connectivity index (χ1) is 8.15. The van der Waals surface area contributed by atoms with Gasteiger partial charge in [-0.1, -0.05) is 0 Å². The maximum atomic E-state index is 13.4. The molecule has 0 aliphatic carbocycles. The topological polar surface area (TPSA) is 63.8 Å². The van der Waals surface area contributed by atoms with Gasteiger partial charge in [-0.3, -0.25) is 0 Å². The third-order valence-electron chi connectivity index (χ3n) is 2.27. The van der Waals surface area contributed by atoms with Crippen LogP contribution in [0.4, 0.5) is 16.2 Å². The third kappa shape index (κ3) is 3.13. The summed E-state index contributed by atoms with van der Waals surface area (Å²) in [6, 6.07) is 2.13. The van der Waals surface area contributed by atoms with E-state index in [0.29, 0.717) is 0 Å². The molecule has 6 heteroatoms. The van der Waals surface area contributed by atoms with Crippen molar-refractivity contribution in [1.29, 1.82) is 0 Å². The Labute approximate surface area is 103 Å². The SMILES string of the molecule is CC(Cc1ccsc1)Nc1nc(N)ncc1F. The zero-order valence-corrected chi connectivity index (χ0v) is 10.2. The molecule has 0 fully saturated rings. The Bertz CT molecular complexity index is 486. The lowest BCUT2D eigenvalue weighted by atomic mass is 10.1. The van der Waals surface area contributed by atoms with Crippen LogP contribution in [0.3, 0.4) is 0 Å². The van der Waals surface area contributed by atoms with Crippen LogP contribution in [0.5, 0.6) is 0 Å². The Kier molecular flexibility index (Phi) is 3.53. The first-order valence-corrected chi connectivity index (χ1v) is 6.15. The molecule has 0 amide bonds. The number of rotatable bonds is 4. The lowest BCUT2D eigenvalue weighted by Gasteiger charge is -2.14. The molecule has 0 aromatic carbocycles. The van der Waals surface area contributed by atoms with Crippen LogP contribution in [0.1, 0.15) is 12.5 Å². The Morgan fingerprint density at radius 3 is 3.12 bits per heavy atom. The highest BCUT2D eigenvalue weighted by molar-refractivity contribution is 7.07. The molecule has 17 heavy (non-hydrogen) atoms. The average molecular weight is 252 g/mol. The first-order valence-electron chi connectivity index (χ1n) is 5.21. The lowest BCUT2D eigenvalue weighted by molar-refractivity contribution is 0.613. The summed E-state index contributed by atoms with van der Waals surface area (Å²) < 4.78 is 13.4. The molecule has 1 atom stereocenters. The highest BCUT2D eigenvalue weighted by Gasteiger charge is 2.09. The smallest absolute Gasteiger partial charge is 0.222 e. The Hall–Kier alpha value is -1.69. The molecule has 90 valence electrons. The molecule has 0 spiro atoms. The Balaban J connectivity index is 2.02.